The average Bonchev–Trinajstić information content (AvgIpc) is 2.25. The molecule has 1 aromatic carbocycles. The van der Waals surface area contributed by atoms with Crippen molar-refractivity contribution in [3.63, 3.8) is 0 Å². The van der Waals surface area contributed by atoms with Crippen molar-refractivity contribution < 1.29 is 23.0 Å². The predicted octanol–water partition coefficient (Wildman–Crippen LogP) is 2.07. The quantitative estimate of drug-likeness (QED) is 0.663. The highest BCUT2D eigenvalue weighted by Crippen LogP contribution is 2.35. The standard InChI is InChI=1S/C8H6F3N3O4/c9-8(10,11)7(12)4-1-2-5(13(15)16)6(3-4)14(17)18/h1-3,7H,12H2/t7-/m0/s1. The molecule has 10 heteroatoms. The van der Waals surface area contributed by atoms with Crippen LogP contribution < -0.4 is 5.73 Å². The second-order valence-electron chi connectivity index (χ2n) is 3.28. The summed E-state index contributed by atoms with van der Waals surface area (Å²) in [5.41, 5.74) is 2.32. The van der Waals surface area contributed by atoms with E-state index in [9.17, 15) is 33.4 Å². The fraction of sp³-hybridized carbons (Fsp3) is 0.250. The fourth-order valence-corrected chi connectivity index (χ4v) is 1.22. The van der Waals surface area contributed by atoms with Crippen molar-refractivity contribution in [2.45, 2.75) is 12.2 Å². The molecule has 98 valence electrons. The molecule has 0 spiro atoms. The molecule has 0 unspecified atom stereocenters. The molecule has 0 saturated heterocycles. The van der Waals surface area contributed by atoms with Gasteiger partial charge in [-0.1, -0.05) is 0 Å². The van der Waals surface area contributed by atoms with Crippen LogP contribution in [-0.2, 0) is 0 Å². The molecule has 0 bridgehead atoms. The second-order valence-corrected chi connectivity index (χ2v) is 3.28. The number of nitrogens with two attached hydrogens (primary N) is 1. The molecule has 7 nitrogen and oxygen atoms in total. The minimum absolute atomic E-state index is 0.455. The molecular weight excluding hydrogens is 259 g/mol. The zero-order valence-corrected chi connectivity index (χ0v) is 8.55. The average molecular weight is 265 g/mol. The van der Waals surface area contributed by atoms with Gasteiger partial charge in [0, 0.05) is 12.1 Å². The molecule has 1 rings (SSSR count). The van der Waals surface area contributed by atoms with Crippen LogP contribution in [0.15, 0.2) is 18.2 Å². The molecule has 0 heterocycles. The van der Waals surface area contributed by atoms with Gasteiger partial charge < -0.3 is 5.73 Å². The van der Waals surface area contributed by atoms with Gasteiger partial charge in [-0.15, -0.1) is 0 Å². The number of hydrogen-bond donors (Lipinski definition) is 1. The summed E-state index contributed by atoms with van der Waals surface area (Å²) in [7, 11) is 0. The Labute approximate surface area is 97.3 Å². The molecule has 0 aromatic heterocycles. The number of nitrogens with zero attached hydrogens (tertiary/aromatic N) is 2. The SMILES string of the molecule is N[C@@H](c1ccc([N+](=O)[O-])c([N+](=O)[O-])c1)C(F)(F)F. The summed E-state index contributed by atoms with van der Waals surface area (Å²) in [6.07, 6.45) is -4.79. The van der Waals surface area contributed by atoms with Gasteiger partial charge in [-0.25, -0.2) is 0 Å². The molecule has 0 aliphatic heterocycles. The molecular formula is C8H6F3N3O4. The van der Waals surface area contributed by atoms with E-state index in [1.807, 2.05) is 0 Å². The lowest BCUT2D eigenvalue weighted by atomic mass is 10.1. The third-order valence-electron chi connectivity index (χ3n) is 2.10. The molecule has 0 fully saturated rings. The molecule has 0 amide bonds. The van der Waals surface area contributed by atoms with E-state index in [4.69, 9.17) is 5.73 Å². The Bertz CT molecular complexity index is 503. The summed E-state index contributed by atoms with van der Waals surface area (Å²) in [4.78, 5) is 18.8. The number of nitro groups is 2. The van der Waals surface area contributed by atoms with Crippen molar-refractivity contribution in [3.05, 3.63) is 44.0 Å². The minimum Gasteiger partial charge on any atom is -0.316 e. The van der Waals surface area contributed by atoms with Crippen LogP contribution >= 0.6 is 0 Å². The highest BCUT2D eigenvalue weighted by molar-refractivity contribution is 5.54. The van der Waals surface area contributed by atoms with Gasteiger partial charge in [-0.2, -0.15) is 13.2 Å². The van der Waals surface area contributed by atoms with E-state index in [1.54, 1.807) is 0 Å². The molecule has 2 N–H and O–H groups in total. The van der Waals surface area contributed by atoms with Gasteiger partial charge >= 0.3 is 17.6 Å². The maximum atomic E-state index is 12.3. The van der Waals surface area contributed by atoms with Crippen LogP contribution in [0.3, 0.4) is 0 Å². The van der Waals surface area contributed by atoms with Crippen molar-refractivity contribution >= 4 is 11.4 Å². The molecule has 1 atom stereocenters. The molecule has 0 radical (unpaired) electrons. The van der Waals surface area contributed by atoms with Crippen LogP contribution in [0.1, 0.15) is 11.6 Å². The first-order chi connectivity index (χ1) is 8.14. The van der Waals surface area contributed by atoms with Crippen molar-refractivity contribution in [1.29, 1.82) is 0 Å². The summed E-state index contributed by atoms with van der Waals surface area (Å²) in [5, 5.41) is 21.0. The number of hydrogen-bond acceptors (Lipinski definition) is 5. The molecule has 0 saturated carbocycles. The number of rotatable bonds is 3. The number of benzene rings is 1. The number of alkyl halides is 3. The summed E-state index contributed by atoms with van der Waals surface area (Å²) >= 11 is 0. The first kappa shape index (κ1) is 13.8. The van der Waals surface area contributed by atoms with Gasteiger partial charge in [0.15, 0.2) is 0 Å². The van der Waals surface area contributed by atoms with Crippen molar-refractivity contribution in [2.24, 2.45) is 5.73 Å². The smallest absolute Gasteiger partial charge is 0.316 e. The van der Waals surface area contributed by atoms with Gasteiger partial charge in [-0.3, -0.25) is 20.2 Å². The van der Waals surface area contributed by atoms with Crippen molar-refractivity contribution in [1.82, 2.24) is 0 Å². The van der Waals surface area contributed by atoms with E-state index in [1.165, 1.54) is 0 Å². The fourth-order valence-electron chi connectivity index (χ4n) is 1.22. The molecule has 18 heavy (non-hydrogen) atoms. The van der Waals surface area contributed by atoms with Gasteiger partial charge in [0.2, 0.25) is 0 Å². The third-order valence-corrected chi connectivity index (χ3v) is 2.10. The van der Waals surface area contributed by atoms with E-state index < -0.39 is 39.0 Å². The summed E-state index contributed by atoms with van der Waals surface area (Å²) in [6, 6.07) is -0.615. The van der Waals surface area contributed by atoms with Gasteiger partial charge in [-0.05, 0) is 11.6 Å². The van der Waals surface area contributed by atoms with E-state index >= 15 is 0 Å². The van der Waals surface area contributed by atoms with Crippen LogP contribution in [0, 0.1) is 20.2 Å². The maximum Gasteiger partial charge on any atom is 0.407 e. The van der Waals surface area contributed by atoms with Gasteiger partial charge in [0.25, 0.3) is 0 Å². The first-order valence-corrected chi connectivity index (χ1v) is 4.39. The lowest BCUT2D eigenvalue weighted by Gasteiger charge is -2.15. The molecule has 1 aromatic rings. The van der Waals surface area contributed by atoms with E-state index in [0.29, 0.717) is 12.1 Å². The number of halogens is 3. The monoisotopic (exact) mass is 265 g/mol. The normalized spacial score (nSPS) is 13.1. The molecule has 0 aliphatic carbocycles. The van der Waals surface area contributed by atoms with Crippen molar-refractivity contribution in [3.8, 4) is 0 Å². The largest absolute Gasteiger partial charge is 0.407 e. The second kappa shape index (κ2) is 4.56. The van der Waals surface area contributed by atoms with Crippen LogP contribution in [-0.4, -0.2) is 16.0 Å². The zero-order chi connectivity index (χ0) is 14.1. The van der Waals surface area contributed by atoms with E-state index in [-0.39, 0.29) is 0 Å². The lowest BCUT2D eigenvalue weighted by molar-refractivity contribution is -0.422. The van der Waals surface area contributed by atoms with Crippen LogP contribution in [0.4, 0.5) is 24.5 Å². The maximum absolute atomic E-state index is 12.3. The summed E-state index contributed by atoms with van der Waals surface area (Å²) in [6.45, 7) is 0. The predicted molar refractivity (Wildman–Crippen MR) is 52.7 cm³/mol. The minimum atomic E-state index is -4.79. The Kier molecular flexibility index (Phi) is 3.51. The Morgan fingerprint density at radius 3 is 2.00 bits per heavy atom. The highest BCUT2D eigenvalue weighted by Gasteiger charge is 2.39. The van der Waals surface area contributed by atoms with E-state index in [2.05, 4.69) is 0 Å². The number of nitro benzene ring substituents is 2. The Hall–Kier alpha value is -2.23. The Balaban J connectivity index is 3.32. The first-order valence-electron chi connectivity index (χ1n) is 4.39. The highest BCUT2D eigenvalue weighted by atomic mass is 19.4. The van der Waals surface area contributed by atoms with Crippen LogP contribution in [0.2, 0.25) is 0 Å². The van der Waals surface area contributed by atoms with Gasteiger partial charge in [0.05, 0.1) is 9.85 Å². The van der Waals surface area contributed by atoms with E-state index in [0.717, 1.165) is 6.07 Å². The summed E-state index contributed by atoms with van der Waals surface area (Å²) < 4.78 is 36.9. The zero-order valence-electron chi connectivity index (χ0n) is 8.55. The topological polar surface area (TPSA) is 112 Å². The third kappa shape index (κ3) is 2.71. The Morgan fingerprint density at radius 1 is 1.11 bits per heavy atom. The Morgan fingerprint density at radius 2 is 1.61 bits per heavy atom. The van der Waals surface area contributed by atoms with Gasteiger partial charge in [0.1, 0.15) is 6.04 Å². The summed E-state index contributed by atoms with van der Waals surface area (Å²) in [5.74, 6) is 0. The van der Waals surface area contributed by atoms with Crippen molar-refractivity contribution in [2.75, 3.05) is 0 Å². The molecule has 0 aliphatic rings. The lowest BCUT2D eigenvalue weighted by Crippen LogP contribution is -2.28. The van der Waals surface area contributed by atoms with Crippen LogP contribution in [0.5, 0.6) is 0 Å². The van der Waals surface area contributed by atoms with Crippen LogP contribution in [0.25, 0.3) is 0 Å².